The molecule has 0 saturated heterocycles. The van der Waals surface area contributed by atoms with E-state index < -0.39 is 0 Å². The molecule has 0 heterocycles. The maximum Gasteiger partial charge on any atom is 0.227 e. The lowest BCUT2D eigenvalue weighted by Gasteiger charge is -2.21. The Morgan fingerprint density at radius 2 is 1.94 bits per heavy atom. The van der Waals surface area contributed by atoms with E-state index in [1.165, 1.54) is 6.42 Å². The average Bonchev–Trinajstić information content (AvgIpc) is 2.40. The van der Waals surface area contributed by atoms with Gasteiger partial charge in [0, 0.05) is 18.7 Å². The molecule has 1 aliphatic rings. The van der Waals surface area contributed by atoms with E-state index in [1.54, 1.807) is 6.07 Å². The number of anilines is 3. The lowest BCUT2D eigenvalue weighted by atomic mass is 9.88. The zero-order valence-electron chi connectivity index (χ0n) is 10.8. The zero-order chi connectivity index (χ0) is 13.0. The van der Waals surface area contributed by atoms with Gasteiger partial charge >= 0.3 is 0 Å². The number of hydrogen-bond acceptors (Lipinski definition) is 3. The first-order chi connectivity index (χ1) is 8.70. The van der Waals surface area contributed by atoms with Gasteiger partial charge in [0.05, 0.1) is 11.4 Å². The highest BCUT2D eigenvalue weighted by Gasteiger charge is 2.21. The molecule has 4 heteroatoms. The van der Waals surface area contributed by atoms with Gasteiger partial charge in [-0.1, -0.05) is 19.3 Å². The van der Waals surface area contributed by atoms with Crippen molar-refractivity contribution in [2.75, 3.05) is 23.4 Å². The van der Waals surface area contributed by atoms with E-state index in [2.05, 4.69) is 10.6 Å². The summed E-state index contributed by atoms with van der Waals surface area (Å²) in [6.07, 6.45) is 5.58. The maximum atomic E-state index is 12.2. The molecule has 1 fully saturated rings. The fourth-order valence-electron chi connectivity index (χ4n) is 2.48. The minimum atomic E-state index is 0.122. The van der Waals surface area contributed by atoms with Crippen LogP contribution < -0.4 is 16.4 Å². The predicted octanol–water partition coefficient (Wildman–Crippen LogP) is 2.83. The number of benzene rings is 1. The van der Waals surface area contributed by atoms with E-state index in [0.29, 0.717) is 5.69 Å². The monoisotopic (exact) mass is 247 g/mol. The summed E-state index contributed by atoms with van der Waals surface area (Å²) < 4.78 is 0. The summed E-state index contributed by atoms with van der Waals surface area (Å²) in [5.74, 6) is 0.279. The second kappa shape index (κ2) is 5.76. The fourth-order valence-corrected chi connectivity index (χ4v) is 2.48. The summed E-state index contributed by atoms with van der Waals surface area (Å²) in [6, 6.07) is 5.50. The Hall–Kier alpha value is -1.71. The highest BCUT2D eigenvalue weighted by molar-refractivity contribution is 5.96. The second-order valence-corrected chi connectivity index (χ2v) is 4.88. The van der Waals surface area contributed by atoms with E-state index in [1.807, 2.05) is 19.2 Å². The van der Waals surface area contributed by atoms with Gasteiger partial charge in [0.1, 0.15) is 0 Å². The van der Waals surface area contributed by atoms with Crippen molar-refractivity contribution in [3.63, 3.8) is 0 Å². The second-order valence-electron chi connectivity index (χ2n) is 4.88. The first-order valence-electron chi connectivity index (χ1n) is 6.59. The van der Waals surface area contributed by atoms with Gasteiger partial charge in [-0.3, -0.25) is 4.79 Å². The van der Waals surface area contributed by atoms with Gasteiger partial charge in [-0.25, -0.2) is 0 Å². The Labute approximate surface area is 108 Å². The number of amides is 1. The molecule has 1 aromatic carbocycles. The third-order valence-corrected chi connectivity index (χ3v) is 3.55. The molecule has 1 amide bonds. The summed E-state index contributed by atoms with van der Waals surface area (Å²) in [7, 11) is 1.84. The highest BCUT2D eigenvalue weighted by atomic mass is 16.1. The molecular weight excluding hydrogens is 226 g/mol. The van der Waals surface area contributed by atoms with Crippen molar-refractivity contribution in [2.24, 2.45) is 5.92 Å². The number of carbonyl (C=O) groups excluding carboxylic acids is 1. The number of nitrogen functional groups attached to an aromatic ring is 1. The SMILES string of the molecule is CNc1ccc(N)cc1NC(=O)C1CCCCC1. The van der Waals surface area contributed by atoms with E-state index in [-0.39, 0.29) is 11.8 Å². The highest BCUT2D eigenvalue weighted by Crippen LogP contribution is 2.28. The van der Waals surface area contributed by atoms with Crippen molar-refractivity contribution in [1.29, 1.82) is 0 Å². The van der Waals surface area contributed by atoms with E-state index in [0.717, 1.165) is 37.1 Å². The molecule has 0 bridgehead atoms. The summed E-state index contributed by atoms with van der Waals surface area (Å²) in [5, 5.41) is 6.05. The molecule has 0 unspecified atom stereocenters. The Bertz CT molecular complexity index is 425. The van der Waals surface area contributed by atoms with Crippen LogP contribution in [0.5, 0.6) is 0 Å². The van der Waals surface area contributed by atoms with Crippen LogP contribution in [0, 0.1) is 5.92 Å². The molecule has 18 heavy (non-hydrogen) atoms. The molecule has 4 nitrogen and oxygen atoms in total. The maximum absolute atomic E-state index is 12.2. The zero-order valence-corrected chi connectivity index (χ0v) is 10.8. The predicted molar refractivity (Wildman–Crippen MR) is 75.6 cm³/mol. The quantitative estimate of drug-likeness (QED) is 0.719. The van der Waals surface area contributed by atoms with Crippen LogP contribution in [-0.2, 0) is 4.79 Å². The van der Waals surface area contributed by atoms with E-state index in [4.69, 9.17) is 5.73 Å². The van der Waals surface area contributed by atoms with Crippen molar-refractivity contribution in [1.82, 2.24) is 0 Å². The van der Waals surface area contributed by atoms with Gasteiger partial charge in [0.25, 0.3) is 0 Å². The average molecular weight is 247 g/mol. The Balaban J connectivity index is 2.07. The Kier molecular flexibility index (Phi) is 4.07. The van der Waals surface area contributed by atoms with Gasteiger partial charge in [0.15, 0.2) is 0 Å². The third kappa shape index (κ3) is 2.94. The largest absolute Gasteiger partial charge is 0.399 e. The standard InChI is InChI=1S/C14H21N3O/c1-16-12-8-7-11(15)9-13(12)17-14(18)10-5-3-2-4-6-10/h7-10,16H,2-6,15H2,1H3,(H,17,18). The summed E-state index contributed by atoms with van der Waals surface area (Å²) in [5.41, 5.74) is 8.09. The van der Waals surface area contributed by atoms with Gasteiger partial charge < -0.3 is 16.4 Å². The molecular formula is C14H21N3O. The summed E-state index contributed by atoms with van der Waals surface area (Å²) >= 11 is 0. The molecule has 0 aromatic heterocycles. The first-order valence-corrected chi connectivity index (χ1v) is 6.59. The molecule has 0 radical (unpaired) electrons. The molecule has 0 spiro atoms. The van der Waals surface area contributed by atoms with E-state index in [9.17, 15) is 4.79 Å². The number of carbonyl (C=O) groups is 1. The van der Waals surface area contributed by atoms with Crippen molar-refractivity contribution in [3.8, 4) is 0 Å². The van der Waals surface area contributed by atoms with E-state index >= 15 is 0 Å². The summed E-state index contributed by atoms with van der Waals surface area (Å²) in [4.78, 5) is 12.2. The normalized spacial score (nSPS) is 16.3. The third-order valence-electron chi connectivity index (χ3n) is 3.55. The van der Waals surface area contributed by atoms with Crippen molar-refractivity contribution >= 4 is 23.0 Å². The van der Waals surface area contributed by atoms with Gasteiger partial charge in [-0.05, 0) is 31.0 Å². The van der Waals surface area contributed by atoms with Crippen LogP contribution >= 0.6 is 0 Å². The van der Waals surface area contributed by atoms with Crippen LogP contribution in [0.4, 0.5) is 17.1 Å². The number of nitrogens with two attached hydrogens (primary N) is 1. The molecule has 98 valence electrons. The van der Waals surface area contributed by atoms with Gasteiger partial charge in [-0.15, -0.1) is 0 Å². The smallest absolute Gasteiger partial charge is 0.227 e. The minimum absolute atomic E-state index is 0.122. The van der Waals surface area contributed by atoms with Crippen LogP contribution in [0.25, 0.3) is 0 Å². The topological polar surface area (TPSA) is 67.2 Å². The molecule has 4 N–H and O–H groups in total. The molecule has 2 rings (SSSR count). The van der Waals surface area contributed by atoms with Crippen LogP contribution in [0.1, 0.15) is 32.1 Å². The van der Waals surface area contributed by atoms with Crippen molar-refractivity contribution < 1.29 is 4.79 Å². The molecule has 1 saturated carbocycles. The first kappa shape index (κ1) is 12.7. The van der Waals surface area contributed by atoms with Crippen molar-refractivity contribution in [2.45, 2.75) is 32.1 Å². The Morgan fingerprint density at radius 1 is 1.22 bits per heavy atom. The number of hydrogen-bond donors (Lipinski definition) is 3. The summed E-state index contributed by atoms with van der Waals surface area (Å²) in [6.45, 7) is 0. The van der Waals surface area contributed by atoms with Crippen LogP contribution in [-0.4, -0.2) is 13.0 Å². The molecule has 0 atom stereocenters. The Morgan fingerprint density at radius 3 is 2.61 bits per heavy atom. The van der Waals surface area contributed by atoms with Crippen LogP contribution in [0.2, 0.25) is 0 Å². The van der Waals surface area contributed by atoms with Crippen LogP contribution in [0.3, 0.4) is 0 Å². The lowest BCUT2D eigenvalue weighted by molar-refractivity contribution is -0.120. The number of nitrogens with one attached hydrogen (secondary N) is 2. The van der Waals surface area contributed by atoms with Crippen molar-refractivity contribution in [3.05, 3.63) is 18.2 Å². The molecule has 1 aliphatic carbocycles. The minimum Gasteiger partial charge on any atom is -0.399 e. The van der Waals surface area contributed by atoms with Crippen LogP contribution in [0.15, 0.2) is 18.2 Å². The lowest BCUT2D eigenvalue weighted by Crippen LogP contribution is -2.25. The number of rotatable bonds is 3. The van der Waals surface area contributed by atoms with Gasteiger partial charge in [-0.2, -0.15) is 0 Å². The molecule has 1 aromatic rings. The molecule has 0 aliphatic heterocycles. The fraction of sp³-hybridized carbons (Fsp3) is 0.500. The van der Waals surface area contributed by atoms with Gasteiger partial charge in [0.2, 0.25) is 5.91 Å².